The molecular weight excluding hydrogens is 268 g/mol. The van der Waals surface area contributed by atoms with Gasteiger partial charge in [-0.2, -0.15) is 0 Å². The van der Waals surface area contributed by atoms with E-state index >= 15 is 0 Å². The molecule has 1 aromatic rings. The number of rotatable bonds is 2. The molecule has 0 aromatic carbocycles. The van der Waals surface area contributed by atoms with Gasteiger partial charge in [0.25, 0.3) is 0 Å². The highest BCUT2D eigenvalue weighted by molar-refractivity contribution is 5.68. The van der Waals surface area contributed by atoms with Crippen molar-refractivity contribution in [1.29, 1.82) is 0 Å². The lowest BCUT2D eigenvalue weighted by atomic mass is 9.89. The Bertz CT molecular complexity index is 470. The third-order valence-corrected chi connectivity index (χ3v) is 3.57. The zero-order valence-corrected chi connectivity index (χ0v) is 13.0. The standard InChI is InChI=1S/C16H24N2O3/c1-16(2,3)21-15(20)18-8-6-14(19)13(11-18)9-12-5-4-7-17-10-12/h4-5,7,10,13-14,19H,6,8-9,11H2,1-3H3. The second-order valence-corrected chi connectivity index (χ2v) is 6.61. The smallest absolute Gasteiger partial charge is 0.410 e. The van der Waals surface area contributed by atoms with E-state index in [1.807, 2.05) is 32.9 Å². The number of ether oxygens (including phenoxy) is 1. The van der Waals surface area contributed by atoms with Gasteiger partial charge in [0, 0.05) is 31.4 Å². The molecule has 1 amide bonds. The summed E-state index contributed by atoms with van der Waals surface area (Å²) in [4.78, 5) is 17.9. The van der Waals surface area contributed by atoms with Crippen molar-refractivity contribution >= 4 is 6.09 Å². The van der Waals surface area contributed by atoms with Gasteiger partial charge in [0.15, 0.2) is 0 Å². The van der Waals surface area contributed by atoms with Crippen LogP contribution < -0.4 is 0 Å². The van der Waals surface area contributed by atoms with Crippen molar-refractivity contribution in [2.75, 3.05) is 13.1 Å². The van der Waals surface area contributed by atoms with Crippen LogP contribution >= 0.6 is 0 Å². The maximum Gasteiger partial charge on any atom is 0.410 e. The number of amides is 1. The highest BCUT2D eigenvalue weighted by Crippen LogP contribution is 2.23. The maximum absolute atomic E-state index is 12.1. The van der Waals surface area contributed by atoms with Crippen LogP contribution in [0.15, 0.2) is 24.5 Å². The second-order valence-electron chi connectivity index (χ2n) is 6.61. The lowest BCUT2D eigenvalue weighted by Gasteiger charge is -2.37. The Labute approximate surface area is 125 Å². The molecule has 5 heteroatoms. The monoisotopic (exact) mass is 292 g/mol. The number of nitrogens with zero attached hydrogens (tertiary/aromatic N) is 2. The third kappa shape index (κ3) is 4.70. The van der Waals surface area contributed by atoms with Crippen LogP contribution in [0.1, 0.15) is 32.8 Å². The zero-order chi connectivity index (χ0) is 15.5. The fourth-order valence-corrected chi connectivity index (χ4v) is 2.53. The maximum atomic E-state index is 12.1. The van der Waals surface area contributed by atoms with Gasteiger partial charge in [-0.1, -0.05) is 6.07 Å². The zero-order valence-electron chi connectivity index (χ0n) is 13.0. The molecule has 0 bridgehead atoms. The van der Waals surface area contributed by atoms with Crippen LogP contribution in [0.3, 0.4) is 0 Å². The summed E-state index contributed by atoms with van der Waals surface area (Å²) in [6, 6.07) is 3.88. The molecule has 2 rings (SSSR count). The second kappa shape index (κ2) is 6.43. The van der Waals surface area contributed by atoms with Crippen molar-refractivity contribution in [3.8, 4) is 0 Å². The molecule has 0 radical (unpaired) electrons. The first-order valence-corrected chi connectivity index (χ1v) is 7.40. The van der Waals surface area contributed by atoms with E-state index in [0.29, 0.717) is 25.9 Å². The van der Waals surface area contributed by atoms with E-state index in [1.165, 1.54) is 0 Å². The topological polar surface area (TPSA) is 62.7 Å². The summed E-state index contributed by atoms with van der Waals surface area (Å²) in [5.41, 5.74) is 0.582. The van der Waals surface area contributed by atoms with Crippen molar-refractivity contribution in [2.24, 2.45) is 5.92 Å². The number of carbonyl (C=O) groups excluding carboxylic acids is 1. The summed E-state index contributed by atoms with van der Waals surface area (Å²) in [7, 11) is 0. The van der Waals surface area contributed by atoms with Crippen LogP contribution in [0.5, 0.6) is 0 Å². The molecule has 2 atom stereocenters. The number of aliphatic hydroxyl groups is 1. The molecule has 5 nitrogen and oxygen atoms in total. The van der Waals surface area contributed by atoms with Crippen molar-refractivity contribution in [3.05, 3.63) is 30.1 Å². The van der Waals surface area contributed by atoms with Crippen molar-refractivity contribution in [3.63, 3.8) is 0 Å². The average Bonchev–Trinajstić information content (AvgIpc) is 2.40. The highest BCUT2D eigenvalue weighted by atomic mass is 16.6. The first-order valence-electron chi connectivity index (χ1n) is 7.40. The lowest BCUT2D eigenvalue weighted by molar-refractivity contribution is -0.00824. The Kier molecular flexibility index (Phi) is 4.83. The predicted octanol–water partition coefficient (Wildman–Crippen LogP) is 2.24. The fraction of sp³-hybridized carbons (Fsp3) is 0.625. The van der Waals surface area contributed by atoms with E-state index in [0.717, 1.165) is 5.56 Å². The van der Waals surface area contributed by atoms with Gasteiger partial charge in [-0.05, 0) is 45.2 Å². The highest BCUT2D eigenvalue weighted by Gasteiger charge is 2.32. The summed E-state index contributed by atoms with van der Waals surface area (Å²) in [6.07, 6.45) is 4.15. The number of likely N-dealkylation sites (tertiary alicyclic amines) is 1. The van der Waals surface area contributed by atoms with Gasteiger partial charge in [0.2, 0.25) is 0 Å². The Balaban J connectivity index is 1.97. The minimum Gasteiger partial charge on any atom is -0.444 e. The minimum atomic E-state index is -0.494. The van der Waals surface area contributed by atoms with Crippen molar-refractivity contribution < 1.29 is 14.6 Å². The molecule has 1 aromatic heterocycles. The first-order chi connectivity index (χ1) is 9.85. The number of hydrogen-bond donors (Lipinski definition) is 1. The van der Waals surface area contributed by atoms with Crippen LogP contribution in [-0.2, 0) is 11.2 Å². The van der Waals surface area contributed by atoms with Gasteiger partial charge in [-0.3, -0.25) is 4.98 Å². The van der Waals surface area contributed by atoms with E-state index in [2.05, 4.69) is 4.98 Å². The molecule has 116 valence electrons. The number of carbonyl (C=O) groups is 1. The van der Waals surface area contributed by atoms with Gasteiger partial charge < -0.3 is 14.7 Å². The summed E-state index contributed by atoms with van der Waals surface area (Å²) < 4.78 is 5.40. The van der Waals surface area contributed by atoms with Crippen molar-refractivity contribution in [1.82, 2.24) is 9.88 Å². The summed E-state index contributed by atoms with van der Waals surface area (Å²) in [5.74, 6) is 0.0236. The SMILES string of the molecule is CC(C)(C)OC(=O)N1CCC(O)C(Cc2cccnc2)C1. The van der Waals surface area contributed by atoms with E-state index in [9.17, 15) is 9.90 Å². The van der Waals surface area contributed by atoms with Crippen LogP contribution in [-0.4, -0.2) is 45.9 Å². The number of hydrogen-bond acceptors (Lipinski definition) is 4. The van der Waals surface area contributed by atoms with Crippen molar-refractivity contribution in [2.45, 2.75) is 45.3 Å². The quantitative estimate of drug-likeness (QED) is 0.908. The molecule has 1 fully saturated rings. The normalized spacial score (nSPS) is 23.0. The largest absolute Gasteiger partial charge is 0.444 e. The molecule has 21 heavy (non-hydrogen) atoms. The van der Waals surface area contributed by atoms with Crippen LogP contribution in [0, 0.1) is 5.92 Å². The molecule has 0 spiro atoms. The Morgan fingerprint density at radius 1 is 1.52 bits per heavy atom. The minimum absolute atomic E-state index is 0.0236. The van der Waals surface area contributed by atoms with Gasteiger partial charge >= 0.3 is 6.09 Å². The molecule has 2 heterocycles. The molecule has 1 aliphatic rings. The molecule has 0 saturated carbocycles. The molecule has 1 saturated heterocycles. The van der Waals surface area contributed by atoms with E-state index < -0.39 is 5.60 Å². The summed E-state index contributed by atoms with van der Waals surface area (Å²) in [6.45, 7) is 6.63. The molecule has 1 aliphatic heterocycles. The van der Waals surface area contributed by atoms with Gasteiger partial charge in [-0.25, -0.2) is 4.79 Å². The lowest BCUT2D eigenvalue weighted by Crippen LogP contribution is -2.48. The van der Waals surface area contributed by atoms with Crippen LogP contribution in [0.4, 0.5) is 4.79 Å². The molecule has 2 unspecified atom stereocenters. The number of piperidine rings is 1. The van der Waals surface area contributed by atoms with Gasteiger partial charge in [0.1, 0.15) is 5.60 Å². The first kappa shape index (κ1) is 15.8. The molecule has 1 N–H and O–H groups in total. The number of aliphatic hydroxyl groups excluding tert-OH is 1. The summed E-state index contributed by atoms with van der Waals surface area (Å²) in [5, 5.41) is 10.2. The van der Waals surface area contributed by atoms with E-state index in [1.54, 1.807) is 17.3 Å². The van der Waals surface area contributed by atoms with Gasteiger partial charge in [-0.15, -0.1) is 0 Å². The van der Waals surface area contributed by atoms with E-state index in [-0.39, 0.29) is 18.1 Å². The third-order valence-electron chi connectivity index (χ3n) is 3.57. The fourth-order valence-electron chi connectivity index (χ4n) is 2.53. The predicted molar refractivity (Wildman–Crippen MR) is 79.9 cm³/mol. The van der Waals surface area contributed by atoms with E-state index in [4.69, 9.17) is 4.74 Å². The average molecular weight is 292 g/mol. The summed E-state index contributed by atoms with van der Waals surface area (Å²) >= 11 is 0. The van der Waals surface area contributed by atoms with Crippen LogP contribution in [0.25, 0.3) is 0 Å². The Hall–Kier alpha value is -1.62. The number of pyridine rings is 1. The number of aromatic nitrogens is 1. The molecular formula is C16H24N2O3. The van der Waals surface area contributed by atoms with Gasteiger partial charge in [0.05, 0.1) is 6.10 Å². The Morgan fingerprint density at radius 3 is 2.90 bits per heavy atom. The molecule has 0 aliphatic carbocycles. The van der Waals surface area contributed by atoms with Crippen LogP contribution in [0.2, 0.25) is 0 Å². The Morgan fingerprint density at radius 2 is 2.29 bits per heavy atom.